The number of hydrogen-bond donors (Lipinski definition) is 0. The fourth-order valence-electron chi connectivity index (χ4n) is 3.71. The molecule has 6 nitrogen and oxygen atoms in total. The van der Waals surface area contributed by atoms with Gasteiger partial charge in [-0.05, 0) is 36.4 Å². The molecule has 4 rings (SSSR count). The van der Waals surface area contributed by atoms with Crippen molar-refractivity contribution in [3.8, 4) is 5.75 Å². The molecule has 1 saturated heterocycles. The molecule has 0 spiro atoms. The quantitative estimate of drug-likeness (QED) is 0.673. The Bertz CT molecular complexity index is 1050. The Balaban J connectivity index is 1.42. The van der Waals surface area contributed by atoms with Crippen molar-refractivity contribution in [3.63, 3.8) is 0 Å². The summed E-state index contributed by atoms with van der Waals surface area (Å²) in [6.07, 6.45) is -4.51. The maximum Gasteiger partial charge on any atom is 0.416 e. The number of benzene rings is 2. The average molecular weight is 477 g/mol. The molecular weight excluding hydrogens is 457 g/mol. The van der Waals surface area contributed by atoms with Gasteiger partial charge in [-0.15, -0.1) is 0 Å². The maximum atomic E-state index is 12.8. The zero-order chi connectivity index (χ0) is 22.2. The molecular formula is C20H20ClF3N2O4S. The lowest BCUT2D eigenvalue weighted by Gasteiger charge is -2.34. The second-order valence-corrected chi connectivity index (χ2v) is 9.74. The first-order chi connectivity index (χ1) is 14.6. The molecule has 0 N–H and O–H groups in total. The Morgan fingerprint density at radius 1 is 1.03 bits per heavy atom. The Morgan fingerprint density at radius 2 is 1.71 bits per heavy atom. The van der Waals surface area contributed by atoms with Gasteiger partial charge in [-0.25, -0.2) is 8.42 Å². The number of piperazine rings is 1. The van der Waals surface area contributed by atoms with Crippen LogP contribution in [0.15, 0.2) is 41.3 Å². The molecule has 0 unspecified atom stereocenters. The minimum Gasteiger partial charge on any atom is -0.467 e. The van der Waals surface area contributed by atoms with Crippen molar-refractivity contribution in [2.75, 3.05) is 33.0 Å². The summed E-state index contributed by atoms with van der Waals surface area (Å²) in [6, 6.07) is 7.21. The van der Waals surface area contributed by atoms with Crippen molar-refractivity contribution in [1.29, 1.82) is 0 Å². The first-order valence-corrected chi connectivity index (χ1v) is 11.4. The molecule has 0 saturated carbocycles. The highest BCUT2D eigenvalue weighted by Crippen LogP contribution is 2.33. The van der Waals surface area contributed by atoms with Crippen molar-refractivity contribution >= 4 is 21.6 Å². The van der Waals surface area contributed by atoms with Gasteiger partial charge >= 0.3 is 6.18 Å². The van der Waals surface area contributed by atoms with Crippen LogP contribution in [0, 0.1) is 0 Å². The number of rotatable bonds is 4. The van der Waals surface area contributed by atoms with Gasteiger partial charge in [0.1, 0.15) is 5.75 Å². The highest BCUT2D eigenvalue weighted by atomic mass is 35.5. The molecule has 1 fully saturated rings. The summed E-state index contributed by atoms with van der Waals surface area (Å²) in [4.78, 5) is 1.94. The van der Waals surface area contributed by atoms with Crippen LogP contribution in [0.2, 0.25) is 5.02 Å². The van der Waals surface area contributed by atoms with Crippen LogP contribution in [0.1, 0.15) is 16.7 Å². The zero-order valence-corrected chi connectivity index (χ0v) is 17.9. The van der Waals surface area contributed by atoms with E-state index in [0.29, 0.717) is 31.3 Å². The molecule has 0 aromatic heterocycles. The number of nitrogens with zero attached hydrogens (tertiary/aromatic N) is 2. The summed E-state index contributed by atoms with van der Waals surface area (Å²) < 4.78 is 76.1. The Hall–Kier alpha value is -1.85. The summed E-state index contributed by atoms with van der Waals surface area (Å²) >= 11 is 6.20. The zero-order valence-electron chi connectivity index (χ0n) is 16.4. The van der Waals surface area contributed by atoms with E-state index in [1.54, 1.807) is 6.07 Å². The molecule has 0 radical (unpaired) electrons. The molecule has 31 heavy (non-hydrogen) atoms. The molecule has 2 aliphatic heterocycles. The second-order valence-electron chi connectivity index (χ2n) is 7.37. The Kier molecular flexibility index (Phi) is 6.19. The molecule has 2 aromatic rings. The van der Waals surface area contributed by atoms with Gasteiger partial charge in [0, 0.05) is 48.9 Å². The van der Waals surface area contributed by atoms with Gasteiger partial charge in [0.05, 0.1) is 17.1 Å². The van der Waals surface area contributed by atoms with Gasteiger partial charge in [-0.2, -0.15) is 17.5 Å². The van der Waals surface area contributed by atoms with E-state index in [0.717, 1.165) is 41.1 Å². The smallest absolute Gasteiger partial charge is 0.416 e. The fraction of sp³-hybridized carbons (Fsp3) is 0.400. The van der Waals surface area contributed by atoms with E-state index >= 15 is 0 Å². The first-order valence-electron chi connectivity index (χ1n) is 9.56. The average Bonchev–Trinajstić information content (AvgIpc) is 2.73. The molecule has 0 amide bonds. The van der Waals surface area contributed by atoms with Gasteiger partial charge in [0.2, 0.25) is 10.0 Å². The largest absolute Gasteiger partial charge is 0.467 e. The van der Waals surface area contributed by atoms with Crippen LogP contribution in [0.25, 0.3) is 0 Å². The van der Waals surface area contributed by atoms with Crippen LogP contribution in [0.4, 0.5) is 13.2 Å². The van der Waals surface area contributed by atoms with Gasteiger partial charge < -0.3 is 9.47 Å². The van der Waals surface area contributed by atoms with Crippen LogP contribution in [-0.4, -0.2) is 50.6 Å². The van der Waals surface area contributed by atoms with Crippen molar-refractivity contribution in [2.45, 2.75) is 24.2 Å². The fourth-order valence-corrected chi connectivity index (χ4v) is 5.39. The van der Waals surface area contributed by atoms with Crippen molar-refractivity contribution in [2.24, 2.45) is 0 Å². The summed E-state index contributed by atoms with van der Waals surface area (Å²) in [6.45, 7) is 2.53. The number of halogens is 4. The number of hydrogen-bond acceptors (Lipinski definition) is 5. The van der Waals surface area contributed by atoms with E-state index in [2.05, 4.69) is 4.90 Å². The molecule has 0 aliphatic carbocycles. The monoisotopic (exact) mass is 476 g/mol. The van der Waals surface area contributed by atoms with E-state index in [4.69, 9.17) is 21.1 Å². The minimum absolute atomic E-state index is 0.147. The van der Waals surface area contributed by atoms with Gasteiger partial charge in [0.15, 0.2) is 6.79 Å². The van der Waals surface area contributed by atoms with E-state index in [1.807, 2.05) is 6.07 Å². The van der Waals surface area contributed by atoms with E-state index in [9.17, 15) is 21.6 Å². The number of fused-ring (bicyclic) bond motifs is 1. The summed E-state index contributed by atoms with van der Waals surface area (Å²) in [5, 5.41) is 0.575. The highest BCUT2D eigenvalue weighted by molar-refractivity contribution is 7.89. The summed E-state index contributed by atoms with van der Waals surface area (Å²) in [5.74, 6) is 0.746. The summed E-state index contributed by atoms with van der Waals surface area (Å²) in [7, 11) is -3.86. The lowest BCUT2D eigenvalue weighted by Crippen LogP contribution is -2.48. The van der Waals surface area contributed by atoms with Gasteiger partial charge in [-0.3, -0.25) is 4.90 Å². The molecule has 0 atom stereocenters. The topological polar surface area (TPSA) is 59.1 Å². The third-order valence-corrected chi connectivity index (χ3v) is 7.43. The normalized spacial score (nSPS) is 18.5. The van der Waals surface area contributed by atoms with E-state index < -0.39 is 21.8 Å². The van der Waals surface area contributed by atoms with Crippen LogP contribution >= 0.6 is 11.6 Å². The molecule has 0 bridgehead atoms. The van der Waals surface area contributed by atoms with Crippen molar-refractivity contribution in [1.82, 2.24) is 9.21 Å². The SMILES string of the molecule is O=S(=O)(c1ccc(C(F)(F)F)cc1)N1CCN(Cc2cc(Cl)cc3c2OCOC3)CC1. The summed E-state index contributed by atoms with van der Waals surface area (Å²) in [5.41, 5.74) is 0.899. The van der Waals surface area contributed by atoms with Gasteiger partial charge in [0.25, 0.3) is 0 Å². The lowest BCUT2D eigenvalue weighted by molar-refractivity contribution is -0.137. The van der Waals surface area contributed by atoms with Gasteiger partial charge in [-0.1, -0.05) is 11.6 Å². The highest BCUT2D eigenvalue weighted by Gasteiger charge is 2.33. The van der Waals surface area contributed by atoms with E-state index in [1.165, 1.54) is 4.31 Å². The number of alkyl halides is 3. The van der Waals surface area contributed by atoms with E-state index in [-0.39, 0.29) is 24.8 Å². The molecule has 2 aromatic carbocycles. The maximum absolute atomic E-state index is 12.8. The molecule has 2 aliphatic rings. The Labute approximate surface area is 183 Å². The minimum atomic E-state index is -4.51. The molecule has 11 heteroatoms. The van der Waals surface area contributed by atoms with Crippen molar-refractivity contribution < 1.29 is 31.1 Å². The predicted octanol–water partition coefficient (Wildman–Crippen LogP) is 3.73. The van der Waals surface area contributed by atoms with Crippen molar-refractivity contribution in [3.05, 3.63) is 58.1 Å². The predicted molar refractivity (Wildman–Crippen MR) is 107 cm³/mol. The number of sulfonamides is 1. The van der Waals surface area contributed by atoms with Crippen LogP contribution < -0.4 is 4.74 Å². The standard InChI is InChI=1S/C20H20ClF3N2O4S/c21-17-9-14(19-15(10-17)12-29-13-30-19)11-25-5-7-26(8-6-25)31(27,28)18-3-1-16(2-4-18)20(22,23)24/h1-4,9-10H,5-8,11-13H2. The van der Waals surface area contributed by atoms with Crippen LogP contribution in [-0.2, 0) is 34.1 Å². The number of ether oxygens (including phenoxy) is 2. The molecule has 2 heterocycles. The second kappa shape index (κ2) is 8.59. The van der Waals surface area contributed by atoms with Crippen LogP contribution in [0.5, 0.6) is 5.75 Å². The Morgan fingerprint density at radius 3 is 2.35 bits per heavy atom. The lowest BCUT2D eigenvalue weighted by atomic mass is 10.1. The third kappa shape index (κ3) is 4.83. The first kappa shape index (κ1) is 22.3. The van der Waals surface area contributed by atoms with Crippen LogP contribution in [0.3, 0.4) is 0 Å². The third-order valence-electron chi connectivity index (χ3n) is 5.30. The molecule has 168 valence electrons.